The fourth-order valence-electron chi connectivity index (χ4n) is 2.71. The lowest BCUT2D eigenvalue weighted by Crippen LogP contribution is -2.17. The van der Waals surface area contributed by atoms with Gasteiger partial charge in [0.15, 0.2) is 11.5 Å². The third kappa shape index (κ3) is 5.46. The van der Waals surface area contributed by atoms with Crippen molar-refractivity contribution in [1.29, 1.82) is 0 Å². The molecule has 3 rings (SSSR count). The second kappa shape index (κ2) is 9.40. The maximum atomic E-state index is 12.8. The molecule has 2 aromatic carbocycles. The minimum absolute atomic E-state index is 0.0429. The molecule has 0 spiro atoms. The van der Waals surface area contributed by atoms with Crippen LogP contribution in [0.4, 0.5) is 0 Å². The van der Waals surface area contributed by atoms with Gasteiger partial charge >= 0.3 is 10.1 Å². The number of aromatic nitrogens is 1. The number of nitrogens with zero attached hydrogens (tertiary/aromatic N) is 2. The number of rotatable bonds is 7. The highest BCUT2D eigenvalue weighted by atomic mass is 32.2. The Morgan fingerprint density at radius 2 is 1.77 bits per heavy atom. The van der Waals surface area contributed by atoms with E-state index in [-0.39, 0.29) is 22.3 Å². The molecule has 0 radical (unpaired) electrons. The van der Waals surface area contributed by atoms with Crippen LogP contribution in [-0.2, 0) is 10.1 Å². The zero-order chi connectivity index (χ0) is 22.4. The molecule has 0 saturated heterocycles. The van der Waals surface area contributed by atoms with Crippen LogP contribution in [0.1, 0.15) is 27.0 Å². The van der Waals surface area contributed by atoms with E-state index in [1.807, 2.05) is 6.07 Å². The molecule has 160 valence electrons. The molecule has 0 aliphatic heterocycles. The van der Waals surface area contributed by atoms with Crippen LogP contribution in [0.15, 0.2) is 70.9 Å². The van der Waals surface area contributed by atoms with E-state index in [0.29, 0.717) is 16.7 Å². The highest BCUT2D eigenvalue weighted by Crippen LogP contribution is 2.31. The number of methoxy groups -OCH3 is 1. The number of aryl methyl sites for hydroxylation is 2. The van der Waals surface area contributed by atoms with E-state index in [4.69, 9.17) is 8.92 Å². The first kappa shape index (κ1) is 22.0. The molecule has 1 heterocycles. The molecule has 1 N–H and O–H groups in total. The van der Waals surface area contributed by atoms with Crippen molar-refractivity contribution in [2.45, 2.75) is 18.7 Å². The molecule has 9 heteroatoms. The first-order chi connectivity index (χ1) is 14.8. The fourth-order valence-corrected chi connectivity index (χ4v) is 3.96. The summed E-state index contributed by atoms with van der Waals surface area (Å²) >= 11 is 0. The minimum Gasteiger partial charge on any atom is -0.493 e. The summed E-state index contributed by atoms with van der Waals surface area (Å²) in [6.07, 6.45) is 4.42. The molecule has 3 aromatic rings. The molecular formula is C22H21N3O5S. The zero-order valence-electron chi connectivity index (χ0n) is 17.2. The monoisotopic (exact) mass is 439 g/mol. The van der Waals surface area contributed by atoms with E-state index in [1.165, 1.54) is 31.8 Å². The summed E-state index contributed by atoms with van der Waals surface area (Å²) in [5.74, 6) is -0.134. The van der Waals surface area contributed by atoms with Crippen LogP contribution in [0.5, 0.6) is 11.5 Å². The molecule has 0 aliphatic rings. The van der Waals surface area contributed by atoms with Crippen molar-refractivity contribution in [3.63, 3.8) is 0 Å². The van der Waals surface area contributed by atoms with E-state index in [9.17, 15) is 13.2 Å². The van der Waals surface area contributed by atoms with Crippen LogP contribution in [0.25, 0.3) is 0 Å². The van der Waals surface area contributed by atoms with Crippen molar-refractivity contribution in [2.24, 2.45) is 5.10 Å². The fraction of sp³-hybridized carbons (Fsp3) is 0.136. The van der Waals surface area contributed by atoms with Gasteiger partial charge in [-0.1, -0.05) is 12.1 Å². The third-order valence-electron chi connectivity index (χ3n) is 4.32. The molecule has 1 aromatic heterocycles. The second-order valence-electron chi connectivity index (χ2n) is 6.65. The number of amides is 1. The van der Waals surface area contributed by atoms with E-state index < -0.39 is 10.1 Å². The van der Waals surface area contributed by atoms with Gasteiger partial charge in [0.05, 0.1) is 13.3 Å². The van der Waals surface area contributed by atoms with Crippen LogP contribution in [0, 0.1) is 13.8 Å². The zero-order valence-corrected chi connectivity index (χ0v) is 18.0. The van der Waals surface area contributed by atoms with Gasteiger partial charge in [-0.15, -0.1) is 0 Å². The maximum Gasteiger partial charge on any atom is 0.339 e. The van der Waals surface area contributed by atoms with Gasteiger partial charge in [0.25, 0.3) is 5.91 Å². The largest absolute Gasteiger partial charge is 0.493 e. The van der Waals surface area contributed by atoms with Crippen molar-refractivity contribution < 1.29 is 22.1 Å². The summed E-state index contributed by atoms with van der Waals surface area (Å²) in [7, 11) is -2.64. The van der Waals surface area contributed by atoms with E-state index in [0.717, 1.165) is 5.56 Å². The normalized spacial score (nSPS) is 11.3. The Bertz CT molecular complexity index is 1230. The van der Waals surface area contributed by atoms with Crippen molar-refractivity contribution in [1.82, 2.24) is 10.4 Å². The number of hydrogen-bond donors (Lipinski definition) is 1. The van der Waals surface area contributed by atoms with Gasteiger partial charge < -0.3 is 8.92 Å². The first-order valence-electron chi connectivity index (χ1n) is 9.23. The van der Waals surface area contributed by atoms with Crippen molar-refractivity contribution in [3.8, 4) is 11.5 Å². The van der Waals surface area contributed by atoms with Gasteiger partial charge in [-0.05, 0) is 66.9 Å². The number of carbonyl (C=O) groups is 1. The number of hydrazone groups is 1. The molecule has 0 bridgehead atoms. The lowest BCUT2D eigenvalue weighted by Gasteiger charge is -2.13. The van der Waals surface area contributed by atoms with Gasteiger partial charge in [0.1, 0.15) is 4.90 Å². The van der Waals surface area contributed by atoms with Crippen LogP contribution in [0.2, 0.25) is 0 Å². The summed E-state index contributed by atoms with van der Waals surface area (Å²) in [6, 6.07) is 12.9. The van der Waals surface area contributed by atoms with Gasteiger partial charge in [-0.25, -0.2) is 5.43 Å². The molecular weight excluding hydrogens is 418 g/mol. The van der Waals surface area contributed by atoms with Crippen LogP contribution in [0.3, 0.4) is 0 Å². The maximum absolute atomic E-state index is 12.8. The van der Waals surface area contributed by atoms with Crippen molar-refractivity contribution >= 4 is 22.2 Å². The average molecular weight is 439 g/mol. The summed E-state index contributed by atoms with van der Waals surface area (Å²) < 4.78 is 36.1. The Kier molecular flexibility index (Phi) is 6.66. The summed E-state index contributed by atoms with van der Waals surface area (Å²) in [5.41, 5.74) is 4.79. The average Bonchev–Trinajstić information content (AvgIpc) is 2.76. The minimum atomic E-state index is -4.05. The Morgan fingerprint density at radius 3 is 2.48 bits per heavy atom. The SMILES string of the molecule is COc1cc(/C=N\NC(=O)c2ccncc2)ccc1OS(=O)(=O)c1cc(C)ccc1C. The number of ether oxygens (including phenoxy) is 1. The third-order valence-corrected chi connectivity index (χ3v) is 5.70. The van der Waals surface area contributed by atoms with Gasteiger partial charge in [-0.3, -0.25) is 9.78 Å². The van der Waals surface area contributed by atoms with Crippen LogP contribution >= 0.6 is 0 Å². The summed E-state index contributed by atoms with van der Waals surface area (Å²) in [6.45, 7) is 3.51. The Hall–Kier alpha value is -3.72. The number of nitrogens with one attached hydrogen (secondary N) is 1. The Morgan fingerprint density at radius 1 is 1.03 bits per heavy atom. The predicted octanol–water partition coefficient (Wildman–Crippen LogP) is 3.24. The van der Waals surface area contributed by atoms with Crippen LogP contribution < -0.4 is 14.3 Å². The molecule has 0 atom stereocenters. The molecule has 8 nitrogen and oxygen atoms in total. The quantitative estimate of drug-likeness (QED) is 0.344. The van der Waals surface area contributed by atoms with Gasteiger partial charge in [-0.2, -0.15) is 13.5 Å². The van der Waals surface area contributed by atoms with E-state index in [1.54, 1.807) is 50.2 Å². The molecule has 0 aliphatic carbocycles. The molecule has 31 heavy (non-hydrogen) atoms. The number of carbonyl (C=O) groups excluding carboxylic acids is 1. The predicted molar refractivity (Wildman–Crippen MR) is 116 cm³/mol. The molecule has 0 saturated carbocycles. The van der Waals surface area contributed by atoms with Crippen molar-refractivity contribution in [3.05, 3.63) is 83.2 Å². The van der Waals surface area contributed by atoms with E-state index in [2.05, 4.69) is 15.5 Å². The topological polar surface area (TPSA) is 107 Å². The smallest absolute Gasteiger partial charge is 0.339 e. The second-order valence-corrected chi connectivity index (χ2v) is 8.17. The highest BCUT2D eigenvalue weighted by Gasteiger charge is 2.21. The lowest BCUT2D eigenvalue weighted by molar-refractivity contribution is 0.0955. The molecule has 1 amide bonds. The Labute approximate surface area is 180 Å². The lowest BCUT2D eigenvalue weighted by atomic mass is 10.2. The number of pyridine rings is 1. The summed E-state index contributed by atoms with van der Waals surface area (Å²) in [4.78, 5) is 15.9. The molecule has 0 fully saturated rings. The Balaban J connectivity index is 1.77. The molecule has 0 unspecified atom stereocenters. The first-order valence-corrected chi connectivity index (χ1v) is 10.6. The number of hydrogen-bond acceptors (Lipinski definition) is 7. The highest BCUT2D eigenvalue weighted by molar-refractivity contribution is 7.87. The van der Waals surface area contributed by atoms with Gasteiger partial charge in [0.2, 0.25) is 0 Å². The van der Waals surface area contributed by atoms with Crippen molar-refractivity contribution in [2.75, 3.05) is 7.11 Å². The number of benzene rings is 2. The standard InChI is InChI=1S/C22H21N3O5S/c1-15-4-5-16(2)21(12-15)31(27,28)30-19-7-6-17(13-20(19)29-3)14-24-25-22(26)18-8-10-23-11-9-18/h4-14H,1-3H3,(H,25,26)/b24-14-. The van der Waals surface area contributed by atoms with Crippen LogP contribution in [-0.4, -0.2) is 32.6 Å². The van der Waals surface area contributed by atoms with E-state index >= 15 is 0 Å². The van der Waals surface area contributed by atoms with Gasteiger partial charge in [0, 0.05) is 18.0 Å². The summed E-state index contributed by atoms with van der Waals surface area (Å²) in [5, 5.41) is 3.91.